The summed E-state index contributed by atoms with van der Waals surface area (Å²) in [6.07, 6.45) is 0.975. The van der Waals surface area contributed by atoms with Gasteiger partial charge in [-0.3, -0.25) is 4.79 Å². The number of nitrogens with zero attached hydrogens (tertiary/aromatic N) is 1. The highest BCUT2D eigenvalue weighted by Gasteiger charge is 2.18. The number of rotatable bonds is 7. The number of benzene rings is 1. The second-order valence-electron chi connectivity index (χ2n) is 5.92. The first-order chi connectivity index (χ1) is 13.1. The minimum absolute atomic E-state index is 0.303. The Hall–Kier alpha value is -2.51. The van der Waals surface area contributed by atoms with Crippen molar-refractivity contribution in [2.75, 3.05) is 6.61 Å². The highest BCUT2D eigenvalue weighted by Crippen LogP contribution is 2.28. The third-order valence-corrected chi connectivity index (χ3v) is 6.03. The monoisotopic (exact) mass is 400 g/mol. The normalized spacial score (nSPS) is 10.6. The molecule has 0 aliphatic heterocycles. The molecule has 27 heavy (non-hydrogen) atoms. The van der Waals surface area contributed by atoms with Gasteiger partial charge in [0.2, 0.25) is 0 Å². The maximum Gasteiger partial charge on any atom is 0.350 e. The smallest absolute Gasteiger partial charge is 0.350 e. The lowest BCUT2D eigenvalue weighted by atomic mass is 10.1. The summed E-state index contributed by atoms with van der Waals surface area (Å²) < 4.78 is 5.15. The second kappa shape index (κ2) is 8.92. The molecule has 3 rings (SSSR count). The number of hydrogen-bond acceptors (Lipinski definition) is 6. The number of thiophene rings is 1. The van der Waals surface area contributed by atoms with E-state index in [-0.39, 0.29) is 12.5 Å². The largest absolute Gasteiger partial charge is 0.451 e. The number of carbonyl (C=O) groups excluding carboxylic acids is 2. The summed E-state index contributed by atoms with van der Waals surface area (Å²) >= 11 is 2.84. The molecule has 3 aromatic rings. The molecule has 140 valence electrons. The molecule has 1 amide bonds. The van der Waals surface area contributed by atoms with Crippen molar-refractivity contribution in [1.82, 2.24) is 10.3 Å². The van der Waals surface area contributed by atoms with Gasteiger partial charge in [-0.1, -0.05) is 37.3 Å². The molecule has 1 aromatic carbocycles. The summed E-state index contributed by atoms with van der Waals surface area (Å²) in [6, 6.07) is 12.0. The van der Waals surface area contributed by atoms with Gasteiger partial charge in [0.25, 0.3) is 5.91 Å². The number of esters is 1. The van der Waals surface area contributed by atoms with E-state index in [0.29, 0.717) is 17.1 Å². The number of carbonyl (C=O) groups is 2. The molecule has 0 saturated heterocycles. The van der Waals surface area contributed by atoms with E-state index >= 15 is 0 Å². The van der Waals surface area contributed by atoms with E-state index in [9.17, 15) is 9.59 Å². The Morgan fingerprint density at radius 1 is 1.19 bits per heavy atom. The SMILES string of the molecule is CCc1ccc(-c2nc(C)c(C(=O)OCC(=O)NCc3cccs3)s2)cc1. The van der Waals surface area contributed by atoms with Gasteiger partial charge in [-0.2, -0.15) is 0 Å². The van der Waals surface area contributed by atoms with E-state index in [1.807, 2.05) is 29.6 Å². The number of amides is 1. The van der Waals surface area contributed by atoms with E-state index in [2.05, 4.69) is 29.4 Å². The molecule has 2 heterocycles. The summed E-state index contributed by atoms with van der Waals surface area (Å²) in [4.78, 5) is 30.1. The summed E-state index contributed by atoms with van der Waals surface area (Å²) in [5.74, 6) is -0.845. The van der Waals surface area contributed by atoms with Crippen molar-refractivity contribution in [3.8, 4) is 10.6 Å². The summed E-state index contributed by atoms with van der Waals surface area (Å²) in [7, 11) is 0. The molecule has 0 aliphatic rings. The van der Waals surface area contributed by atoms with Crippen molar-refractivity contribution < 1.29 is 14.3 Å². The standard InChI is InChI=1S/C20H20N2O3S2/c1-3-14-6-8-15(9-7-14)19-22-13(2)18(27-19)20(24)25-12-17(23)21-11-16-5-4-10-26-16/h4-10H,3,11-12H2,1-2H3,(H,21,23). The Morgan fingerprint density at radius 2 is 1.96 bits per heavy atom. The maximum atomic E-state index is 12.3. The van der Waals surface area contributed by atoms with Crippen LogP contribution in [0, 0.1) is 6.92 Å². The topological polar surface area (TPSA) is 68.3 Å². The minimum Gasteiger partial charge on any atom is -0.451 e. The van der Waals surface area contributed by atoms with Gasteiger partial charge in [0, 0.05) is 10.4 Å². The zero-order chi connectivity index (χ0) is 19.2. The Kier molecular flexibility index (Phi) is 6.36. The van der Waals surface area contributed by atoms with Crippen LogP contribution in [0.15, 0.2) is 41.8 Å². The van der Waals surface area contributed by atoms with E-state index in [1.54, 1.807) is 18.3 Å². The summed E-state index contributed by atoms with van der Waals surface area (Å²) in [6.45, 7) is 4.01. The Balaban J connectivity index is 1.58. The van der Waals surface area contributed by atoms with Crippen LogP contribution in [-0.4, -0.2) is 23.5 Å². The maximum absolute atomic E-state index is 12.3. The molecule has 0 radical (unpaired) electrons. The van der Waals surface area contributed by atoms with Gasteiger partial charge >= 0.3 is 5.97 Å². The summed E-state index contributed by atoms with van der Waals surface area (Å²) in [5.41, 5.74) is 2.83. The van der Waals surface area contributed by atoms with Gasteiger partial charge < -0.3 is 10.1 Å². The molecule has 0 fully saturated rings. The van der Waals surface area contributed by atoms with Gasteiger partial charge in [0.1, 0.15) is 9.88 Å². The van der Waals surface area contributed by atoms with Crippen LogP contribution in [0.2, 0.25) is 0 Å². The van der Waals surface area contributed by atoms with E-state index in [0.717, 1.165) is 21.9 Å². The molecule has 0 unspecified atom stereocenters. The number of ether oxygens (including phenoxy) is 1. The van der Waals surface area contributed by atoms with Crippen LogP contribution in [0.25, 0.3) is 10.6 Å². The third-order valence-electron chi connectivity index (χ3n) is 3.97. The van der Waals surface area contributed by atoms with E-state index in [4.69, 9.17) is 4.74 Å². The van der Waals surface area contributed by atoms with Gasteiger partial charge in [-0.25, -0.2) is 9.78 Å². The average Bonchev–Trinajstić information content (AvgIpc) is 3.34. The lowest BCUT2D eigenvalue weighted by molar-refractivity contribution is -0.124. The van der Waals surface area contributed by atoms with Crippen LogP contribution in [0.1, 0.15) is 32.7 Å². The van der Waals surface area contributed by atoms with Crippen molar-refractivity contribution in [3.63, 3.8) is 0 Å². The zero-order valence-electron chi connectivity index (χ0n) is 15.2. The van der Waals surface area contributed by atoms with Crippen LogP contribution >= 0.6 is 22.7 Å². The van der Waals surface area contributed by atoms with Crippen molar-refractivity contribution in [2.45, 2.75) is 26.8 Å². The van der Waals surface area contributed by atoms with Crippen molar-refractivity contribution >= 4 is 34.6 Å². The highest BCUT2D eigenvalue weighted by atomic mass is 32.1. The molecule has 2 aromatic heterocycles. The van der Waals surface area contributed by atoms with Crippen molar-refractivity contribution in [1.29, 1.82) is 0 Å². The first-order valence-electron chi connectivity index (χ1n) is 8.59. The molecular formula is C20H20N2O3S2. The highest BCUT2D eigenvalue weighted by molar-refractivity contribution is 7.17. The molecule has 5 nitrogen and oxygen atoms in total. The molecule has 0 spiro atoms. The average molecular weight is 401 g/mol. The molecule has 7 heteroatoms. The number of thiazole rings is 1. The number of hydrogen-bond donors (Lipinski definition) is 1. The number of aromatic nitrogens is 1. The van der Waals surface area contributed by atoms with E-state index < -0.39 is 5.97 Å². The van der Waals surface area contributed by atoms with E-state index in [1.165, 1.54) is 16.9 Å². The predicted octanol–water partition coefficient (Wildman–Crippen LogP) is 4.22. The molecule has 0 atom stereocenters. The Bertz CT molecular complexity index is 915. The van der Waals surface area contributed by atoms with Crippen LogP contribution in [0.3, 0.4) is 0 Å². The first-order valence-corrected chi connectivity index (χ1v) is 10.3. The first kappa shape index (κ1) is 19.3. The van der Waals surface area contributed by atoms with Gasteiger partial charge in [0.05, 0.1) is 12.2 Å². The molecule has 1 N–H and O–H groups in total. The van der Waals surface area contributed by atoms with Crippen molar-refractivity contribution in [3.05, 3.63) is 62.8 Å². The Morgan fingerprint density at radius 3 is 2.63 bits per heavy atom. The minimum atomic E-state index is -0.521. The summed E-state index contributed by atoms with van der Waals surface area (Å²) in [5, 5.41) is 5.44. The van der Waals surface area contributed by atoms with Crippen LogP contribution in [0.5, 0.6) is 0 Å². The van der Waals surface area contributed by atoms with Gasteiger partial charge in [-0.15, -0.1) is 22.7 Å². The van der Waals surface area contributed by atoms with Crippen LogP contribution in [0.4, 0.5) is 0 Å². The number of aryl methyl sites for hydroxylation is 2. The molecule has 0 bridgehead atoms. The molecule has 0 aliphatic carbocycles. The second-order valence-corrected chi connectivity index (χ2v) is 7.95. The lowest BCUT2D eigenvalue weighted by Gasteiger charge is -2.05. The number of nitrogens with one attached hydrogen (secondary N) is 1. The third kappa shape index (κ3) is 5.02. The zero-order valence-corrected chi connectivity index (χ0v) is 16.8. The van der Waals surface area contributed by atoms with Gasteiger partial charge in [0.15, 0.2) is 6.61 Å². The fourth-order valence-electron chi connectivity index (χ4n) is 2.44. The van der Waals surface area contributed by atoms with Crippen molar-refractivity contribution in [2.24, 2.45) is 0 Å². The molecular weight excluding hydrogens is 380 g/mol. The lowest BCUT2D eigenvalue weighted by Crippen LogP contribution is -2.28. The predicted molar refractivity (Wildman–Crippen MR) is 108 cm³/mol. The molecule has 0 saturated carbocycles. The van der Waals surface area contributed by atoms with Crippen LogP contribution < -0.4 is 5.32 Å². The van der Waals surface area contributed by atoms with Crippen LogP contribution in [-0.2, 0) is 22.5 Å². The fraction of sp³-hybridized carbons (Fsp3) is 0.250. The fourth-order valence-corrected chi connectivity index (χ4v) is 4.05. The Labute approximate surface area is 166 Å². The van der Waals surface area contributed by atoms with Gasteiger partial charge in [-0.05, 0) is 30.4 Å². The quantitative estimate of drug-likeness (QED) is 0.603.